The molecule has 0 N–H and O–H groups in total. The van der Waals surface area contributed by atoms with Gasteiger partial charge in [0, 0.05) is 5.41 Å². The molecule has 0 bridgehead atoms. The minimum absolute atomic E-state index is 0.305. The van der Waals surface area contributed by atoms with Crippen molar-refractivity contribution >= 4 is 64.6 Å². The van der Waals surface area contributed by atoms with Gasteiger partial charge in [0.15, 0.2) is 0 Å². The lowest BCUT2D eigenvalue weighted by molar-refractivity contribution is 0.661. The molecule has 0 heterocycles. The van der Waals surface area contributed by atoms with Gasteiger partial charge in [-0.15, -0.1) is 0 Å². The maximum absolute atomic E-state index is 2.52. The summed E-state index contributed by atoms with van der Waals surface area (Å²) in [6.07, 6.45) is 0. The lowest BCUT2D eigenvalue weighted by atomic mass is 9.78. The number of fused-ring (bicyclic) bond motifs is 15. The first-order valence-electron chi connectivity index (χ1n) is 26.3. The van der Waals surface area contributed by atoms with E-state index in [0.29, 0.717) is 0 Å². The minimum atomic E-state index is -0.305. The standard InChI is InChI=1S/C75H50/c1-75(2)67-43-51(65-45-63(47-23-7-3-8-24-47)71-59-35-19-15-31-53(59)55-33-17-21-37-61(55)73(71)69(65)49-27-11-5-12-28-49)39-41-57(67)58-42-40-52(44-68(58)75)66-46-64(48-25-9-4-10-26-48)72-60-36-20-16-32-54(60)56-34-18-22-38-62(56)74(72)70(66)50-29-13-6-14-30-50/h3-46H,1-2H3. The summed E-state index contributed by atoms with van der Waals surface area (Å²) in [5, 5.41) is 15.3. The van der Waals surface area contributed by atoms with E-state index >= 15 is 0 Å². The molecule has 75 heavy (non-hydrogen) atoms. The first-order chi connectivity index (χ1) is 37.0. The van der Waals surface area contributed by atoms with E-state index in [1.165, 1.54) is 154 Å². The average molecular weight is 951 g/mol. The Hall–Kier alpha value is -9.36. The Bertz CT molecular complexity index is 4330. The molecule has 0 unspecified atom stereocenters. The maximum Gasteiger partial charge on any atom is 0.0159 e. The van der Waals surface area contributed by atoms with Crippen LogP contribution < -0.4 is 0 Å². The molecule has 15 rings (SSSR count). The number of benzene rings is 14. The highest BCUT2D eigenvalue weighted by Gasteiger charge is 2.37. The molecule has 14 aromatic carbocycles. The van der Waals surface area contributed by atoms with Crippen LogP contribution in [0.15, 0.2) is 267 Å². The topological polar surface area (TPSA) is 0 Å². The third-order valence-corrected chi connectivity index (χ3v) is 16.6. The fourth-order valence-corrected chi connectivity index (χ4v) is 13.2. The molecule has 1 aliphatic carbocycles. The van der Waals surface area contributed by atoms with Crippen LogP contribution in [-0.4, -0.2) is 0 Å². The molecule has 0 saturated carbocycles. The Labute approximate surface area is 437 Å². The normalized spacial score (nSPS) is 12.8. The molecule has 0 nitrogen and oxygen atoms in total. The van der Waals surface area contributed by atoms with Gasteiger partial charge in [0.25, 0.3) is 0 Å². The van der Waals surface area contributed by atoms with Crippen LogP contribution in [0.25, 0.3) is 143 Å². The number of hydrogen-bond acceptors (Lipinski definition) is 0. The third kappa shape index (κ3) is 6.56. The molecule has 0 aliphatic heterocycles. The van der Waals surface area contributed by atoms with Gasteiger partial charge in [-0.3, -0.25) is 0 Å². The van der Waals surface area contributed by atoms with Crippen LogP contribution in [0.2, 0.25) is 0 Å². The summed E-state index contributed by atoms with van der Waals surface area (Å²) in [5.41, 5.74) is 19.8. The molecule has 350 valence electrons. The van der Waals surface area contributed by atoms with Crippen molar-refractivity contribution in [1.29, 1.82) is 0 Å². The zero-order chi connectivity index (χ0) is 49.8. The Morgan fingerprint density at radius 3 is 0.813 bits per heavy atom. The summed E-state index contributed by atoms with van der Waals surface area (Å²) in [6.45, 7) is 4.87. The van der Waals surface area contributed by atoms with Crippen LogP contribution >= 0.6 is 0 Å². The van der Waals surface area contributed by atoms with Gasteiger partial charge < -0.3 is 0 Å². The second-order valence-electron chi connectivity index (χ2n) is 21.0. The van der Waals surface area contributed by atoms with Crippen LogP contribution in [0.1, 0.15) is 25.0 Å². The second kappa shape index (κ2) is 16.9. The highest BCUT2D eigenvalue weighted by Crippen LogP contribution is 2.55. The van der Waals surface area contributed by atoms with E-state index in [1.54, 1.807) is 0 Å². The van der Waals surface area contributed by atoms with Crippen LogP contribution in [0.4, 0.5) is 0 Å². The van der Waals surface area contributed by atoms with Crippen LogP contribution in [0.3, 0.4) is 0 Å². The monoisotopic (exact) mass is 950 g/mol. The van der Waals surface area contributed by atoms with Crippen molar-refractivity contribution < 1.29 is 0 Å². The Morgan fingerprint density at radius 1 is 0.200 bits per heavy atom. The van der Waals surface area contributed by atoms with Crippen molar-refractivity contribution in [1.82, 2.24) is 0 Å². The largest absolute Gasteiger partial charge is 0.0622 e. The van der Waals surface area contributed by atoms with Gasteiger partial charge in [-0.25, -0.2) is 0 Å². The fourth-order valence-electron chi connectivity index (χ4n) is 13.2. The number of hydrogen-bond donors (Lipinski definition) is 0. The molecular formula is C75H50. The van der Waals surface area contributed by atoms with Crippen LogP contribution in [-0.2, 0) is 5.41 Å². The highest BCUT2D eigenvalue weighted by molar-refractivity contribution is 6.34. The molecule has 0 aromatic heterocycles. The smallest absolute Gasteiger partial charge is 0.0159 e. The van der Waals surface area contributed by atoms with Gasteiger partial charge in [-0.1, -0.05) is 257 Å². The first kappa shape index (κ1) is 43.2. The van der Waals surface area contributed by atoms with Crippen LogP contribution in [0, 0.1) is 0 Å². The zero-order valence-electron chi connectivity index (χ0n) is 41.9. The Balaban J connectivity index is 0.982. The van der Waals surface area contributed by atoms with Crippen molar-refractivity contribution in [2.45, 2.75) is 19.3 Å². The van der Waals surface area contributed by atoms with Gasteiger partial charge >= 0.3 is 0 Å². The lowest BCUT2D eigenvalue weighted by Gasteiger charge is -2.25. The molecule has 0 atom stereocenters. The van der Waals surface area contributed by atoms with E-state index in [1.807, 2.05) is 0 Å². The van der Waals surface area contributed by atoms with Crippen molar-refractivity contribution in [3.8, 4) is 77.9 Å². The molecule has 1 aliphatic rings. The Morgan fingerprint density at radius 2 is 0.480 bits per heavy atom. The summed E-state index contributed by atoms with van der Waals surface area (Å²) in [7, 11) is 0. The van der Waals surface area contributed by atoms with E-state index in [-0.39, 0.29) is 5.41 Å². The van der Waals surface area contributed by atoms with Gasteiger partial charge in [0.05, 0.1) is 0 Å². The molecule has 0 spiro atoms. The summed E-state index contributed by atoms with van der Waals surface area (Å²) in [5.74, 6) is 0. The van der Waals surface area contributed by atoms with Gasteiger partial charge in [-0.05, 0) is 178 Å². The molecule has 0 saturated heterocycles. The first-order valence-corrected chi connectivity index (χ1v) is 26.3. The quantitative estimate of drug-likeness (QED) is 0.146. The van der Waals surface area contributed by atoms with E-state index < -0.39 is 0 Å². The molecular weight excluding hydrogens is 901 g/mol. The van der Waals surface area contributed by atoms with Crippen molar-refractivity contribution in [2.24, 2.45) is 0 Å². The van der Waals surface area contributed by atoms with Crippen molar-refractivity contribution in [3.05, 3.63) is 278 Å². The van der Waals surface area contributed by atoms with Crippen molar-refractivity contribution in [3.63, 3.8) is 0 Å². The minimum Gasteiger partial charge on any atom is -0.0622 e. The maximum atomic E-state index is 2.52. The van der Waals surface area contributed by atoms with Gasteiger partial charge in [0.2, 0.25) is 0 Å². The summed E-state index contributed by atoms with van der Waals surface area (Å²) in [4.78, 5) is 0. The van der Waals surface area contributed by atoms with E-state index in [0.717, 1.165) is 0 Å². The average Bonchev–Trinajstić information content (AvgIpc) is 3.71. The van der Waals surface area contributed by atoms with Crippen LogP contribution in [0.5, 0.6) is 0 Å². The second-order valence-corrected chi connectivity index (χ2v) is 21.0. The highest BCUT2D eigenvalue weighted by atomic mass is 14.4. The summed E-state index contributed by atoms with van der Waals surface area (Å²) < 4.78 is 0. The van der Waals surface area contributed by atoms with Gasteiger partial charge in [0.1, 0.15) is 0 Å². The molecule has 14 aromatic rings. The molecule has 0 amide bonds. The van der Waals surface area contributed by atoms with E-state index in [4.69, 9.17) is 0 Å². The predicted octanol–water partition coefficient (Wildman–Crippen LogP) is 20.9. The predicted molar refractivity (Wildman–Crippen MR) is 322 cm³/mol. The molecule has 0 heteroatoms. The third-order valence-electron chi connectivity index (χ3n) is 16.6. The summed E-state index contributed by atoms with van der Waals surface area (Å²) >= 11 is 0. The van der Waals surface area contributed by atoms with E-state index in [2.05, 4.69) is 281 Å². The molecule has 0 fully saturated rings. The molecule has 0 radical (unpaired) electrons. The number of rotatable bonds is 6. The van der Waals surface area contributed by atoms with Crippen molar-refractivity contribution in [2.75, 3.05) is 0 Å². The van der Waals surface area contributed by atoms with E-state index in [9.17, 15) is 0 Å². The fraction of sp³-hybridized carbons (Fsp3) is 0.0400. The lowest BCUT2D eigenvalue weighted by Crippen LogP contribution is -2.15. The zero-order valence-corrected chi connectivity index (χ0v) is 41.9. The SMILES string of the molecule is CC1(C)c2cc(-c3cc(-c4ccccc4)c4c5ccccc5c5ccccc5c4c3-c3ccccc3)ccc2-c2ccc(-c3cc(-c4ccccc4)c4c5ccccc5c5ccccc5c4c3-c3ccccc3)cc21. The Kier molecular flexibility index (Phi) is 9.72. The van der Waals surface area contributed by atoms with Gasteiger partial charge in [-0.2, -0.15) is 0 Å². The summed E-state index contributed by atoms with van der Waals surface area (Å²) in [6, 6.07) is 99.9.